The molecule has 0 saturated heterocycles. The Morgan fingerprint density at radius 1 is 1.04 bits per heavy atom. The number of halogens is 3. The number of hydrogen-bond donors (Lipinski definition) is 2. The van der Waals surface area contributed by atoms with Crippen molar-refractivity contribution in [2.24, 2.45) is 0 Å². The highest BCUT2D eigenvalue weighted by Crippen LogP contribution is 2.22. The minimum Gasteiger partial charge on any atom is -0.393 e. The maximum atomic E-state index is 13.5. The number of nitrogens with zero attached hydrogens (tertiary/aromatic N) is 4. The van der Waals surface area contributed by atoms with Gasteiger partial charge in [0, 0.05) is 35.6 Å². The molecule has 2 heterocycles. The fraction of sp³-hybridized carbons (Fsp3) is 0.316. The van der Waals surface area contributed by atoms with Crippen molar-refractivity contribution < 1.29 is 18.3 Å². The van der Waals surface area contributed by atoms with E-state index in [-0.39, 0.29) is 18.1 Å². The largest absolute Gasteiger partial charge is 0.393 e. The van der Waals surface area contributed by atoms with Gasteiger partial charge < -0.3 is 10.4 Å². The number of hydrogen-bond acceptors (Lipinski definition) is 5. The molecule has 0 aliphatic heterocycles. The lowest BCUT2D eigenvalue weighted by Gasteiger charge is -2.10. The number of benzene rings is 1. The van der Waals surface area contributed by atoms with Gasteiger partial charge in [-0.1, -0.05) is 6.92 Å². The third-order valence-corrected chi connectivity index (χ3v) is 4.11. The van der Waals surface area contributed by atoms with Gasteiger partial charge in [0.05, 0.1) is 11.8 Å². The lowest BCUT2D eigenvalue weighted by Crippen LogP contribution is -2.14. The van der Waals surface area contributed by atoms with Crippen LogP contribution in [-0.4, -0.2) is 31.0 Å². The molecule has 2 aromatic heterocycles. The van der Waals surface area contributed by atoms with E-state index < -0.39 is 23.6 Å². The number of aryl methyl sites for hydroxylation is 2. The average Bonchev–Trinajstić information content (AvgIpc) is 3.00. The van der Waals surface area contributed by atoms with Crippen LogP contribution in [0.3, 0.4) is 0 Å². The van der Waals surface area contributed by atoms with E-state index in [0.717, 1.165) is 23.5 Å². The van der Waals surface area contributed by atoms with Gasteiger partial charge in [0.1, 0.15) is 5.82 Å². The molecule has 28 heavy (non-hydrogen) atoms. The maximum absolute atomic E-state index is 13.5. The zero-order chi connectivity index (χ0) is 20.4. The Hall–Kier alpha value is -2.94. The summed E-state index contributed by atoms with van der Waals surface area (Å²) in [5.41, 5.74) is 2.23. The van der Waals surface area contributed by atoms with Crippen LogP contribution >= 0.6 is 0 Å². The molecule has 6 nitrogen and oxygen atoms in total. The molecule has 0 aliphatic carbocycles. The summed E-state index contributed by atoms with van der Waals surface area (Å²) in [4.78, 5) is 8.66. The van der Waals surface area contributed by atoms with Gasteiger partial charge in [0.25, 0.3) is 0 Å². The number of aromatic nitrogens is 4. The van der Waals surface area contributed by atoms with E-state index in [1.807, 2.05) is 32.9 Å². The van der Waals surface area contributed by atoms with Crippen molar-refractivity contribution in [1.29, 1.82) is 0 Å². The summed E-state index contributed by atoms with van der Waals surface area (Å²) >= 11 is 0. The van der Waals surface area contributed by atoms with E-state index in [0.29, 0.717) is 17.9 Å². The molecular formula is C19H20F3N5O. The Balaban J connectivity index is 2.01. The Kier molecular flexibility index (Phi) is 5.64. The molecule has 3 aromatic rings. The van der Waals surface area contributed by atoms with Crippen LogP contribution in [0.15, 0.2) is 24.3 Å². The molecular weight excluding hydrogens is 371 g/mol. The number of anilines is 2. The first kappa shape index (κ1) is 19.8. The first-order valence-corrected chi connectivity index (χ1v) is 8.78. The average molecular weight is 391 g/mol. The van der Waals surface area contributed by atoms with Gasteiger partial charge >= 0.3 is 0 Å². The van der Waals surface area contributed by atoms with Crippen LogP contribution < -0.4 is 5.32 Å². The van der Waals surface area contributed by atoms with E-state index >= 15 is 0 Å². The fourth-order valence-corrected chi connectivity index (χ4v) is 2.78. The van der Waals surface area contributed by atoms with Crippen LogP contribution in [-0.2, 0) is 6.42 Å². The van der Waals surface area contributed by atoms with Crippen molar-refractivity contribution >= 4 is 11.6 Å². The predicted molar refractivity (Wildman–Crippen MR) is 98.2 cm³/mol. The van der Waals surface area contributed by atoms with Gasteiger partial charge in [0.2, 0.25) is 5.95 Å². The van der Waals surface area contributed by atoms with Crippen molar-refractivity contribution in [2.75, 3.05) is 5.32 Å². The number of pyridine rings is 1. The van der Waals surface area contributed by atoms with Gasteiger partial charge in [-0.25, -0.2) is 17.9 Å². The maximum Gasteiger partial charge on any atom is 0.247 e. The lowest BCUT2D eigenvalue weighted by molar-refractivity contribution is 0.167. The van der Waals surface area contributed by atoms with E-state index in [1.54, 1.807) is 4.68 Å². The van der Waals surface area contributed by atoms with Crippen LogP contribution in [0.25, 0.3) is 5.69 Å². The van der Waals surface area contributed by atoms with Gasteiger partial charge in [-0.2, -0.15) is 4.98 Å². The monoisotopic (exact) mass is 391 g/mol. The molecule has 3 rings (SSSR count). The molecule has 148 valence electrons. The molecule has 0 fully saturated rings. The molecule has 0 aliphatic rings. The minimum atomic E-state index is -1.54. The Morgan fingerprint density at radius 3 is 2.21 bits per heavy atom. The van der Waals surface area contributed by atoms with E-state index in [2.05, 4.69) is 20.4 Å². The standard InChI is InChI=1S/C19H20F3N5O/c1-4-14(28)9-17-25-19(24-12-7-15(20)18(22)16(21)8-12)26-27(17)13-5-10(2)23-11(3)6-13/h5-8,14,28H,4,9H2,1-3H3,(H,24,26)/t14-/m0/s1. The summed E-state index contributed by atoms with van der Waals surface area (Å²) in [6.07, 6.45) is 0.136. The minimum absolute atomic E-state index is 0.0294. The molecule has 0 radical (unpaired) electrons. The van der Waals surface area contributed by atoms with Crippen LogP contribution in [0.5, 0.6) is 0 Å². The van der Waals surface area contributed by atoms with Crippen molar-refractivity contribution in [3.63, 3.8) is 0 Å². The number of aliphatic hydroxyl groups is 1. The summed E-state index contributed by atoms with van der Waals surface area (Å²) in [6.45, 7) is 5.53. The molecule has 0 saturated carbocycles. The third kappa shape index (κ3) is 4.30. The normalized spacial score (nSPS) is 12.2. The second-order valence-electron chi connectivity index (χ2n) is 6.52. The summed E-state index contributed by atoms with van der Waals surface area (Å²) in [5.74, 6) is -3.65. The number of aliphatic hydroxyl groups excluding tert-OH is 1. The van der Waals surface area contributed by atoms with Gasteiger partial charge in [-0.05, 0) is 32.4 Å². The molecule has 1 atom stereocenters. The number of rotatable bonds is 6. The van der Waals surface area contributed by atoms with Gasteiger partial charge in [-0.15, -0.1) is 5.10 Å². The van der Waals surface area contributed by atoms with Crippen molar-refractivity contribution in [3.8, 4) is 5.69 Å². The Morgan fingerprint density at radius 2 is 1.64 bits per heavy atom. The van der Waals surface area contributed by atoms with Crippen molar-refractivity contribution in [3.05, 3.63) is 58.9 Å². The topological polar surface area (TPSA) is 75.9 Å². The van der Waals surface area contributed by atoms with E-state index in [1.165, 1.54) is 0 Å². The van der Waals surface area contributed by atoms with Crippen LogP contribution in [0.1, 0.15) is 30.6 Å². The van der Waals surface area contributed by atoms with E-state index in [9.17, 15) is 18.3 Å². The molecule has 1 aromatic carbocycles. The van der Waals surface area contributed by atoms with Crippen LogP contribution in [0.2, 0.25) is 0 Å². The second kappa shape index (κ2) is 7.97. The van der Waals surface area contributed by atoms with Gasteiger partial charge in [0.15, 0.2) is 17.5 Å². The predicted octanol–water partition coefficient (Wildman–Crippen LogP) is 3.75. The first-order chi connectivity index (χ1) is 13.3. The fourth-order valence-electron chi connectivity index (χ4n) is 2.78. The molecule has 0 amide bonds. The van der Waals surface area contributed by atoms with E-state index in [4.69, 9.17) is 0 Å². The SMILES string of the molecule is CC[C@H](O)Cc1nc(Nc2cc(F)c(F)c(F)c2)nn1-c1cc(C)nc(C)c1. The molecule has 9 heteroatoms. The quantitative estimate of drug-likeness (QED) is 0.626. The first-order valence-electron chi connectivity index (χ1n) is 8.78. The Bertz CT molecular complexity index is 962. The van der Waals surface area contributed by atoms with Crippen molar-refractivity contribution in [1.82, 2.24) is 19.7 Å². The zero-order valence-corrected chi connectivity index (χ0v) is 15.7. The second-order valence-corrected chi connectivity index (χ2v) is 6.52. The van der Waals surface area contributed by atoms with Gasteiger partial charge in [-0.3, -0.25) is 4.98 Å². The highest BCUT2D eigenvalue weighted by molar-refractivity contribution is 5.54. The van der Waals surface area contributed by atoms with Crippen molar-refractivity contribution in [2.45, 2.75) is 39.7 Å². The summed E-state index contributed by atoms with van der Waals surface area (Å²) in [5, 5.41) is 17.1. The molecule has 0 unspecified atom stereocenters. The molecule has 2 N–H and O–H groups in total. The highest BCUT2D eigenvalue weighted by Gasteiger charge is 2.17. The lowest BCUT2D eigenvalue weighted by atomic mass is 10.2. The van der Waals surface area contributed by atoms with Crippen LogP contribution in [0.4, 0.5) is 24.8 Å². The summed E-state index contributed by atoms with van der Waals surface area (Å²) in [7, 11) is 0. The summed E-state index contributed by atoms with van der Waals surface area (Å²) < 4.78 is 41.6. The zero-order valence-electron chi connectivity index (χ0n) is 15.7. The third-order valence-electron chi connectivity index (χ3n) is 4.11. The number of nitrogens with one attached hydrogen (secondary N) is 1. The smallest absolute Gasteiger partial charge is 0.247 e. The van der Waals surface area contributed by atoms with Crippen LogP contribution in [0, 0.1) is 31.3 Å². The Labute approximate surface area is 160 Å². The highest BCUT2D eigenvalue weighted by atomic mass is 19.2. The molecule has 0 bridgehead atoms. The molecule has 0 spiro atoms. The summed E-state index contributed by atoms with van der Waals surface area (Å²) in [6, 6.07) is 5.26.